The zero-order valence-electron chi connectivity index (χ0n) is 16.8. The standard InChI is InChI=1S/C21H17Cl3N6O2/c1-13-9-14(22)5-6-19(13)32-12-29-8-7-18(27-29)20(31)26-21-25-11-30(28-21)10-15-16(23)3-2-4-17(15)24/h2-9,11H,10,12H2,1H3,(H,26,28,31). The van der Waals surface area contributed by atoms with Crippen LogP contribution in [0.5, 0.6) is 5.75 Å². The summed E-state index contributed by atoms with van der Waals surface area (Å²) in [4.78, 5) is 16.6. The average molecular weight is 492 g/mol. The van der Waals surface area contributed by atoms with Gasteiger partial charge in [0.1, 0.15) is 12.1 Å². The maximum Gasteiger partial charge on any atom is 0.278 e. The molecule has 11 heteroatoms. The van der Waals surface area contributed by atoms with E-state index in [-0.39, 0.29) is 18.4 Å². The number of ether oxygens (including phenoxy) is 1. The normalized spacial score (nSPS) is 10.9. The third-order valence-corrected chi connectivity index (χ3v) is 5.45. The Bertz CT molecular complexity index is 1250. The van der Waals surface area contributed by atoms with E-state index in [9.17, 15) is 4.79 Å². The lowest BCUT2D eigenvalue weighted by Crippen LogP contribution is -2.15. The molecule has 2 aromatic carbocycles. The van der Waals surface area contributed by atoms with Crippen LogP contribution in [-0.2, 0) is 13.3 Å². The molecule has 0 bridgehead atoms. The highest BCUT2D eigenvalue weighted by molar-refractivity contribution is 6.36. The van der Waals surface area contributed by atoms with Gasteiger partial charge in [0.2, 0.25) is 5.95 Å². The molecule has 0 unspecified atom stereocenters. The first-order valence-corrected chi connectivity index (χ1v) is 10.6. The van der Waals surface area contributed by atoms with Crippen LogP contribution >= 0.6 is 34.8 Å². The summed E-state index contributed by atoms with van der Waals surface area (Å²) in [6, 6.07) is 12.2. The molecule has 2 aromatic heterocycles. The number of hydrogen-bond acceptors (Lipinski definition) is 5. The molecule has 0 radical (unpaired) electrons. The van der Waals surface area contributed by atoms with E-state index in [4.69, 9.17) is 39.5 Å². The zero-order chi connectivity index (χ0) is 22.7. The average Bonchev–Trinajstić information content (AvgIpc) is 3.40. The minimum Gasteiger partial charge on any atom is -0.471 e. The van der Waals surface area contributed by atoms with E-state index in [2.05, 4.69) is 20.5 Å². The van der Waals surface area contributed by atoms with Gasteiger partial charge in [-0.2, -0.15) is 5.10 Å². The second kappa shape index (κ2) is 9.60. The Hall–Kier alpha value is -3.07. The number of nitrogens with one attached hydrogen (secondary N) is 1. The van der Waals surface area contributed by atoms with Gasteiger partial charge in [0.25, 0.3) is 5.91 Å². The third-order valence-electron chi connectivity index (χ3n) is 4.51. The highest BCUT2D eigenvalue weighted by Gasteiger charge is 2.14. The van der Waals surface area contributed by atoms with Gasteiger partial charge in [-0.3, -0.25) is 10.1 Å². The Kier molecular flexibility index (Phi) is 6.64. The minimum absolute atomic E-state index is 0.140. The number of amides is 1. The summed E-state index contributed by atoms with van der Waals surface area (Å²) in [7, 11) is 0. The first-order chi connectivity index (χ1) is 15.4. The molecular formula is C21H17Cl3N6O2. The maximum atomic E-state index is 12.5. The summed E-state index contributed by atoms with van der Waals surface area (Å²) in [5, 5.41) is 12.8. The SMILES string of the molecule is Cc1cc(Cl)ccc1OCn1ccc(C(=O)Nc2ncn(Cc3c(Cl)cccc3Cl)n2)n1. The van der Waals surface area contributed by atoms with Crippen LogP contribution in [0.15, 0.2) is 55.0 Å². The minimum atomic E-state index is -0.444. The quantitative estimate of drug-likeness (QED) is 0.389. The van der Waals surface area contributed by atoms with Crippen molar-refractivity contribution in [2.75, 3.05) is 5.32 Å². The Morgan fingerprint density at radius 1 is 1.06 bits per heavy atom. The topological polar surface area (TPSA) is 86.9 Å². The number of halogens is 3. The summed E-state index contributed by atoms with van der Waals surface area (Å²) >= 11 is 18.3. The smallest absolute Gasteiger partial charge is 0.278 e. The molecule has 164 valence electrons. The van der Waals surface area contributed by atoms with Gasteiger partial charge in [0.15, 0.2) is 12.4 Å². The van der Waals surface area contributed by atoms with Crippen molar-refractivity contribution in [1.29, 1.82) is 0 Å². The fraction of sp³-hybridized carbons (Fsp3) is 0.143. The van der Waals surface area contributed by atoms with E-state index >= 15 is 0 Å². The highest BCUT2D eigenvalue weighted by atomic mass is 35.5. The summed E-state index contributed by atoms with van der Waals surface area (Å²) in [6.07, 6.45) is 3.13. The number of benzene rings is 2. The summed E-state index contributed by atoms with van der Waals surface area (Å²) in [5.41, 5.74) is 1.82. The first-order valence-electron chi connectivity index (χ1n) is 9.45. The van der Waals surface area contributed by atoms with Crippen LogP contribution in [-0.4, -0.2) is 30.5 Å². The fourth-order valence-corrected chi connectivity index (χ4v) is 3.65. The molecule has 0 spiro atoms. The van der Waals surface area contributed by atoms with Crippen LogP contribution < -0.4 is 10.1 Å². The van der Waals surface area contributed by atoms with Crippen molar-refractivity contribution in [1.82, 2.24) is 24.5 Å². The van der Waals surface area contributed by atoms with Gasteiger partial charge in [-0.15, -0.1) is 5.10 Å². The van der Waals surface area contributed by atoms with Crippen LogP contribution in [0.2, 0.25) is 15.1 Å². The molecule has 0 saturated carbocycles. The molecule has 4 rings (SSSR count). The van der Waals surface area contributed by atoms with E-state index < -0.39 is 5.91 Å². The largest absolute Gasteiger partial charge is 0.471 e. The van der Waals surface area contributed by atoms with Crippen molar-refractivity contribution < 1.29 is 9.53 Å². The predicted molar refractivity (Wildman–Crippen MR) is 123 cm³/mol. The number of aryl methyl sites for hydroxylation is 1. The van der Waals surface area contributed by atoms with E-state index in [1.54, 1.807) is 42.6 Å². The molecule has 0 atom stereocenters. The van der Waals surface area contributed by atoms with Crippen LogP contribution in [0.1, 0.15) is 21.6 Å². The van der Waals surface area contributed by atoms with Gasteiger partial charge in [-0.05, 0) is 48.9 Å². The summed E-state index contributed by atoms with van der Waals surface area (Å²) in [5.74, 6) is 0.380. The number of carbonyl (C=O) groups excluding carboxylic acids is 1. The Labute approximate surface area is 198 Å². The van der Waals surface area contributed by atoms with Gasteiger partial charge in [0.05, 0.1) is 6.54 Å². The number of nitrogens with zero attached hydrogens (tertiary/aromatic N) is 5. The first kappa shape index (κ1) is 22.1. The van der Waals surface area contributed by atoms with Gasteiger partial charge >= 0.3 is 0 Å². The molecule has 8 nitrogen and oxygen atoms in total. The molecule has 1 amide bonds. The van der Waals surface area contributed by atoms with Crippen molar-refractivity contribution >= 4 is 46.7 Å². The van der Waals surface area contributed by atoms with Crippen LogP contribution in [0.25, 0.3) is 0 Å². The molecule has 0 saturated heterocycles. The molecule has 0 aliphatic rings. The van der Waals surface area contributed by atoms with Gasteiger partial charge in [-0.1, -0.05) is 40.9 Å². The van der Waals surface area contributed by atoms with E-state index in [1.165, 1.54) is 15.7 Å². The summed E-state index contributed by atoms with van der Waals surface area (Å²) < 4.78 is 8.77. The fourth-order valence-electron chi connectivity index (χ4n) is 2.90. The predicted octanol–water partition coefficient (Wildman–Crippen LogP) is 5.08. The molecular weight excluding hydrogens is 475 g/mol. The summed E-state index contributed by atoms with van der Waals surface area (Å²) in [6.45, 7) is 2.35. The molecule has 1 N–H and O–H groups in total. The lowest BCUT2D eigenvalue weighted by Gasteiger charge is -2.09. The lowest BCUT2D eigenvalue weighted by atomic mass is 10.2. The second-order valence-electron chi connectivity index (χ2n) is 6.84. The molecule has 0 fully saturated rings. The number of hydrogen-bond donors (Lipinski definition) is 1. The van der Waals surface area contributed by atoms with Crippen molar-refractivity contribution in [3.8, 4) is 5.75 Å². The van der Waals surface area contributed by atoms with E-state index in [0.717, 1.165) is 5.56 Å². The highest BCUT2D eigenvalue weighted by Crippen LogP contribution is 2.25. The zero-order valence-corrected chi connectivity index (χ0v) is 19.1. The molecule has 0 aliphatic heterocycles. The van der Waals surface area contributed by atoms with Crippen molar-refractivity contribution in [2.45, 2.75) is 20.2 Å². The van der Waals surface area contributed by atoms with Crippen LogP contribution in [0, 0.1) is 6.92 Å². The molecule has 2 heterocycles. The van der Waals surface area contributed by atoms with Gasteiger partial charge < -0.3 is 4.74 Å². The monoisotopic (exact) mass is 490 g/mol. The van der Waals surface area contributed by atoms with Crippen molar-refractivity contribution in [3.63, 3.8) is 0 Å². The van der Waals surface area contributed by atoms with Crippen molar-refractivity contribution in [2.24, 2.45) is 0 Å². The Morgan fingerprint density at radius 2 is 1.84 bits per heavy atom. The molecule has 32 heavy (non-hydrogen) atoms. The number of aromatic nitrogens is 5. The van der Waals surface area contributed by atoms with E-state index in [1.807, 2.05) is 13.0 Å². The Morgan fingerprint density at radius 3 is 2.59 bits per heavy atom. The molecule has 4 aromatic rings. The van der Waals surface area contributed by atoms with E-state index in [0.29, 0.717) is 32.9 Å². The number of rotatable bonds is 7. The van der Waals surface area contributed by atoms with Crippen LogP contribution in [0.3, 0.4) is 0 Å². The number of anilines is 1. The van der Waals surface area contributed by atoms with Gasteiger partial charge in [0, 0.05) is 26.8 Å². The number of carbonyl (C=O) groups is 1. The molecule has 0 aliphatic carbocycles. The Balaban J connectivity index is 1.36. The van der Waals surface area contributed by atoms with Gasteiger partial charge in [-0.25, -0.2) is 14.3 Å². The maximum absolute atomic E-state index is 12.5. The van der Waals surface area contributed by atoms with Crippen LogP contribution in [0.4, 0.5) is 5.95 Å². The third kappa shape index (κ3) is 5.21. The second-order valence-corrected chi connectivity index (χ2v) is 8.09. The van der Waals surface area contributed by atoms with Crippen molar-refractivity contribution in [3.05, 3.63) is 86.9 Å². The lowest BCUT2D eigenvalue weighted by molar-refractivity contribution is 0.101.